The second-order valence-corrected chi connectivity index (χ2v) is 4.69. The quantitative estimate of drug-likeness (QED) is 0.877. The van der Waals surface area contributed by atoms with Crippen LogP contribution in [0.4, 0.5) is 11.5 Å². The van der Waals surface area contributed by atoms with Gasteiger partial charge in [0.1, 0.15) is 11.6 Å². The Morgan fingerprint density at radius 1 is 1.25 bits per heavy atom. The van der Waals surface area contributed by atoms with E-state index in [0.717, 1.165) is 30.2 Å². The van der Waals surface area contributed by atoms with Crippen molar-refractivity contribution in [1.82, 2.24) is 4.98 Å². The molecule has 0 bridgehead atoms. The van der Waals surface area contributed by atoms with Crippen molar-refractivity contribution in [1.29, 1.82) is 0 Å². The first-order valence-corrected chi connectivity index (χ1v) is 6.79. The van der Waals surface area contributed by atoms with Gasteiger partial charge in [0.2, 0.25) is 0 Å². The molecule has 2 rings (SSSR count). The summed E-state index contributed by atoms with van der Waals surface area (Å²) < 4.78 is 5.30. The number of pyridine rings is 1. The van der Waals surface area contributed by atoms with Crippen LogP contribution in [0, 0.1) is 6.92 Å². The minimum atomic E-state index is 0.659. The molecule has 106 valence electrons. The fourth-order valence-electron chi connectivity index (χ4n) is 2.07. The smallest absolute Gasteiger partial charge is 0.133 e. The first-order valence-electron chi connectivity index (χ1n) is 6.79. The normalized spacial score (nSPS) is 10.3. The summed E-state index contributed by atoms with van der Waals surface area (Å²) in [6.45, 7) is 3.56. The zero-order valence-electron chi connectivity index (χ0n) is 12.0. The van der Waals surface area contributed by atoms with Gasteiger partial charge in [-0.05, 0) is 49.7 Å². The van der Waals surface area contributed by atoms with Crippen molar-refractivity contribution in [3.05, 3.63) is 48.2 Å². The topological polar surface area (TPSA) is 51.4 Å². The second kappa shape index (κ2) is 6.91. The van der Waals surface area contributed by atoms with Gasteiger partial charge < -0.3 is 15.4 Å². The minimum absolute atomic E-state index is 0.659. The van der Waals surface area contributed by atoms with Crippen molar-refractivity contribution < 1.29 is 4.74 Å². The fourth-order valence-corrected chi connectivity index (χ4v) is 2.07. The number of methoxy groups -OCH3 is 1. The van der Waals surface area contributed by atoms with Crippen molar-refractivity contribution >= 4 is 11.5 Å². The Labute approximate surface area is 120 Å². The highest BCUT2D eigenvalue weighted by atomic mass is 16.5. The third kappa shape index (κ3) is 3.48. The number of aromatic nitrogens is 1. The van der Waals surface area contributed by atoms with Crippen LogP contribution in [-0.2, 0) is 0 Å². The van der Waals surface area contributed by atoms with E-state index in [1.165, 1.54) is 5.56 Å². The molecule has 0 aliphatic carbocycles. The number of aryl methyl sites for hydroxylation is 1. The number of anilines is 2. The van der Waals surface area contributed by atoms with Gasteiger partial charge in [0, 0.05) is 24.5 Å². The van der Waals surface area contributed by atoms with E-state index < -0.39 is 0 Å². The Morgan fingerprint density at radius 2 is 2.10 bits per heavy atom. The van der Waals surface area contributed by atoms with E-state index in [4.69, 9.17) is 10.5 Å². The summed E-state index contributed by atoms with van der Waals surface area (Å²) in [5.74, 6) is 1.78. The van der Waals surface area contributed by atoms with Crippen LogP contribution in [0.5, 0.6) is 5.75 Å². The maximum Gasteiger partial charge on any atom is 0.133 e. The Hall–Kier alpha value is -2.07. The Morgan fingerprint density at radius 3 is 2.80 bits per heavy atom. The summed E-state index contributed by atoms with van der Waals surface area (Å²) in [6, 6.07) is 12.1. The largest absolute Gasteiger partial charge is 0.497 e. The molecule has 0 saturated heterocycles. The molecule has 2 N–H and O–H groups in total. The van der Waals surface area contributed by atoms with Gasteiger partial charge in [-0.25, -0.2) is 4.98 Å². The summed E-state index contributed by atoms with van der Waals surface area (Å²) in [4.78, 5) is 6.64. The van der Waals surface area contributed by atoms with Crippen molar-refractivity contribution in [2.45, 2.75) is 13.3 Å². The van der Waals surface area contributed by atoms with E-state index in [1.807, 2.05) is 30.5 Å². The molecule has 4 heteroatoms. The summed E-state index contributed by atoms with van der Waals surface area (Å²) >= 11 is 0. The number of rotatable bonds is 6. The molecule has 1 aromatic carbocycles. The zero-order chi connectivity index (χ0) is 14.4. The molecule has 1 heterocycles. The van der Waals surface area contributed by atoms with Crippen LogP contribution in [0.15, 0.2) is 42.6 Å². The monoisotopic (exact) mass is 271 g/mol. The fraction of sp³-hybridized carbons (Fsp3) is 0.312. The average Bonchev–Trinajstić information content (AvgIpc) is 2.48. The van der Waals surface area contributed by atoms with Gasteiger partial charge in [-0.3, -0.25) is 0 Å². The lowest BCUT2D eigenvalue weighted by Gasteiger charge is -2.24. The summed E-state index contributed by atoms with van der Waals surface area (Å²) in [7, 11) is 1.67. The zero-order valence-corrected chi connectivity index (χ0v) is 12.0. The first-order chi connectivity index (χ1) is 9.74. The van der Waals surface area contributed by atoms with Gasteiger partial charge in [0.05, 0.1) is 7.11 Å². The summed E-state index contributed by atoms with van der Waals surface area (Å²) in [5.41, 5.74) is 7.90. The van der Waals surface area contributed by atoms with Crippen molar-refractivity contribution in [2.24, 2.45) is 5.73 Å². The highest BCUT2D eigenvalue weighted by Crippen LogP contribution is 2.27. The van der Waals surface area contributed by atoms with Gasteiger partial charge in [-0.2, -0.15) is 0 Å². The molecule has 0 aliphatic rings. The van der Waals surface area contributed by atoms with Crippen molar-refractivity contribution in [2.75, 3.05) is 25.1 Å². The molecule has 2 aromatic rings. The Kier molecular flexibility index (Phi) is 4.96. The lowest BCUT2D eigenvalue weighted by molar-refractivity contribution is 0.415. The van der Waals surface area contributed by atoms with E-state index in [9.17, 15) is 0 Å². The molecule has 0 fully saturated rings. The molecular formula is C16H21N3O. The van der Waals surface area contributed by atoms with Crippen molar-refractivity contribution in [3.63, 3.8) is 0 Å². The van der Waals surface area contributed by atoms with E-state index in [2.05, 4.69) is 28.9 Å². The van der Waals surface area contributed by atoms with E-state index in [-0.39, 0.29) is 0 Å². The Bertz CT molecular complexity index is 557. The predicted octanol–water partition coefficient (Wildman–Crippen LogP) is 2.89. The van der Waals surface area contributed by atoms with Gasteiger partial charge in [0.15, 0.2) is 0 Å². The molecule has 0 unspecified atom stereocenters. The molecule has 20 heavy (non-hydrogen) atoms. The van der Waals surface area contributed by atoms with Crippen LogP contribution in [0.2, 0.25) is 0 Å². The van der Waals surface area contributed by atoms with Gasteiger partial charge >= 0.3 is 0 Å². The molecule has 0 spiro atoms. The number of ether oxygens (including phenoxy) is 1. The second-order valence-electron chi connectivity index (χ2n) is 4.69. The first kappa shape index (κ1) is 14.3. The molecule has 0 saturated carbocycles. The molecular weight excluding hydrogens is 250 g/mol. The highest BCUT2D eigenvalue weighted by molar-refractivity contribution is 5.62. The minimum Gasteiger partial charge on any atom is -0.497 e. The third-order valence-corrected chi connectivity index (χ3v) is 3.13. The van der Waals surface area contributed by atoms with Crippen LogP contribution < -0.4 is 15.4 Å². The van der Waals surface area contributed by atoms with Crippen molar-refractivity contribution in [3.8, 4) is 5.75 Å². The third-order valence-electron chi connectivity index (χ3n) is 3.13. The standard InChI is InChI=1S/C16H21N3O/c1-13-7-9-18-16(11-13)19(10-4-8-17)14-5-3-6-15(12-14)20-2/h3,5-7,9,11-12H,4,8,10,17H2,1-2H3. The lowest BCUT2D eigenvalue weighted by Crippen LogP contribution is -2.22. The average molecular weight is 271 g/mol. The van der Waals surface area contributed by atoms with Gasteiger partial charge in [-0.15, -0.1) is 0 Å². The summed E-state index contributed by atoms with van der Waals surface area (Å²) in [5, 5.41) is 0. The molecule has 1 aromatic heterocycles. The molecule has 4 nitrogen and oxygen atoms in total. The number of benzene rings is 1. The predicted molar refractivity (Wildman–Crippen MR) is 82.6 cm³/mol. The SMILES string of the molecule is COc1cccc(N(CCCN)c2cc(C)ccn2)c1. The number of hydrogen-bond acceptors (Lipinski definition) is 4. The van der Waals surface area contributed by atoms with Crippen LogP contribution in [-0.4, -0.2) is 25.2 Å². The van der Waals surface area contributed by atoms with Crippen LogP contribution >= 0.6 is 0 Å². The summed E-state index contributed by atoms with van der Waals surface area (Å²) in [6.07, 6.45) is 2.74. The van der Waals surface area contributed by atoms with E-state index >= 15 is 0 Å². The number of hydrogen-bond donors (Lipinski definition) is 1. The van der Waals surface area contributed by atoms with Crippen LogP contribution in [0.25, 0.3) is 0 Å². The maximum atomic E-state index is 5.65. The maximum absolute atomic E-state index is 5.65. The van der Waals surface area contributed by atoms with Gasteiger partial charge in [-0.1, -0.05) is 6.07 Å². The van der Waals surface area contributed by atoms with Gasteiger partial charge in [0.25, 0.3) is 0 Å². The molecule has 0 atom stereocenters. The molecule has 0 radical (unpaired) electrons. The molecule has 0 aliphatic heterocycles. The van der Waals surface area contributed by atoms with E-state index in [1.54, 1.807) is 7.11 Å². The highest BCUT2D eigenvalue weighted by Gasteiger charge is 2.11. The number of nitrogens with two attached hydrogens (primary N) is 1. The lowest BCUT2D eigenvalue weighted by atomic mass is 10.2. The Balaban J connectivity index is 2.35. The number of nitrogens with zero attached hydrogens (tertiary/aromatic N) is 2. The van der Waals surface area contributed by atoms with Crippen LogP contribution in [0.3, 0.4) is 0 Å². The molecule has 0 amide bonds. The van der Waals surface area contributed by atoms with Crippen LogP contribution in [0.1, 0.15) is 12.0 Å². The van der Waals surface area contributed by atoms with E-state index in [0.29, 0.717) is 6.54 Å².